The molecule has 2 aliphatic rings. The van der Waals surface area contributed by atoms with Crippen LogP contribution in [0.5, 0.6) is 0 Å². The van der Waals surface area contributed by atoms with Gasteiger partial charge in [0.15, 0.2) is 0 Å². The summed E-state index contributed by atoms with van der Waals surface area (Å²) in [6.07, 6.45) is 3.17. The number of aromatic nitrogens is 2. The van der Waals surface area contributed by atoms with Gasteiger partial charge in [0.05, 0.1) is 31.8 Å². The van der Waals surface area contributed by atoms with Crippen LogP contribution in [0.1, 0.15) is 30.7 Å². The summed E-state index contributed by atoms with van der Waals surface area (Å²) >= 11 is 0. The molecular formula is C19H22N4O4. The molecule has 0 spiro atoms. The summed E-state index contributed by atoms with van der Waals surface area (Å²) in [5, 5.41) is 8.01. The fourth-order valence-corrected chi connectivity index (χ4v) is 3.03. The molecule has 8 nitrogen and oxygen atoms in total. The number of aryl methyl sites for hydroxylation is 1. The van der Waals surface area contributed by atoms with E-state index in [4.69, 9.17) is 14.1 Å². The lowest BCUT2D eigenvalue weighted by Gasteiger charge is -2.32. The number of hydrogen-bond acceptors (Lipinski definition) is 7. The van der Waals surface area contributed by atoms with Gasteiger partial charge in [-0.25, -0.2) is 0 Å². The number of nitrogens with zero attached hydrogens (tertiary/aromatic N) is 4. The minimum absolute atomic E-state index is 0.0750. The van der Waals surface area contributed by atoms with Crippen LogP contribution in [0.15, 0.2) is 33.9 Å². The lowest BCUT2D eigenvalue weighted by Crippen LogP contribution is -2.51. The molecule has 2 aromatic rings. The molecule has 0 aliphatic carbocycles. The Balaban J connectivity index is 1.25. The van der Waals surface area contributed by atoms with Gasteiger partial charge in [-0.15, -0.1) is 0 Å². The third-order valence-electron chi connectivity index (χ3n) is 4.63. The summed E-state index contributed by atoms with van der Waals surface area (Å²) < 4.78 is 10.5. The maximum absolute atomic E-state index is 12.4. The fraction of sp³-hybridized carbons (Fsp3) is 0.474. The van der Waals surface area contributed by atoms with Gasteiger partial charge in [-0.3, -0.25) is 4.79 Å². The molecule has 27 heavy (non-hydrogen) atoms. The first-order valence-corrected chi connectivity index (χ1v) is 9.18. The molecule has 1 amide bonds. The van der Waals surface area contributed by atoms with Crippen molar-refractivity contribution in [3.63, 3.8) is 0 Å². The Bertz CT molecular complexity index is 816. The van der Waals surface area contributed by atoms with Gasteiger partial charge in [-0.1, -0.05) is 34.6 Å². The molecule has 1 aromatic carbocycles. The van der Waals surface area contributed by atoms with Crippen molar-refractivity contribution in [2.75, 3.05) is 19.7 Å². The van der Waals surface area contributed by atoms with Gasteiger partial charge in [-0.05, 0) is 18.4 Å². The minimum atomic E-state index is -0.238. The van der Waals surface area contributed by atoms with E-state index in [1.165, 1.54) is 0 Å². The number of likely N-dealkylation sites (tertiary alicyclic amines) is 1. The SMILES string of the molecule is Cc1nc(-c2ccc(CC(=O)N3CC(=NOC4CCCCO4)C3)cc2)no1. The van der Waals surface area contributed by atoms with Crippen molar-refractivity contribution in [2.24, 2.45) is 5.16 Å². The van der Waals surface area contributed by atoms with E-state index in [1.54, 1.807) is 11.8 Å². The van der Waals surface area contributed by atoms with Gasteiger partial charge >= 0.3 is 0 Å². The Kier molecular flexibility index (Phi) is 5.15. The van der Waals surface area contributed by atoms with Crippen molar-refractivity contribution < 1.29 is 18.9 Å². The van der Waals surface area contributed by atoms with Gasteiger partial charge in [0, 0.05) is 18.9 Å². The van der Waals surface area contributed by atoms with E-state index in [2.05, 4.69) is 15.3 Å². The van der Waals surface area contributed by atoms with Crippen LogP contribution in [0.3, 0.4) is 0 Å². The van der Waals surface area contributed by atoms with E-state index in [9.17, 15) is 4.79 Å². The van der Waals surface area contributed by atoms with E-state index in [0.717, 1.165) is 42.7 Å². The van der Waals surface area contributed by atoms with Crippen LogP contribution in [0.4, 0.5) is 0 Å². The number of hydrogen-bond donors (Lipinski definition) is 0. The molecule has 0 saturated carbocycles. The standard InChI is InChI=1S/C19H22N4O4/c1-13-20-19(22-26-13)15-7-5-14(6-8-15)10-17(24)23-11-16(12-23)21-27-18-4-2-3-9-25-18/h5-8,18H,2-4,9-12H2,1H3. The van der Waals surface area contributed by atoms with Crippen LogP contribution >= 0.6 is 0 Å². The zero-order valence-electron chi connectivity index (χ0n) is 15.3. The molecule has 2 saturated heterocycles. The van der Waals surface area contributed by atoms with E-state index >= 15 is 0 Å². The number of rotatable bonds is 5. The molecule has 0 N–H and O–H groups in total. The Hall–Kier alpha value is -2.74. The van der Waals surface area contributed by atoms with Gasteiger partial charge in [0.25, 0.3) is 0 Å². The number of benzene rings is 1. The van der Waals surface area contributed by atoms with Crippen LogP contribution in [-0.2, 0) is 20.8 Å². The van der Waals surface area contributed by atoms with Gasteiger partial charge < -0.3 is 19.0 Å². The van der Waals surface area contributed by atoms with Gasteiger partial charge in [0.1, 0.15) is 0 Å². The predicted molar refractivity (Wildman–Crippen MR) is 96.9 cm³/mol. The Morgan fingerprint density at radius 1 is 1.30 bits per heavy atom. The molecule has 2 aliphatic heterocycles. The van der Waals surface area contributed by atoms with E-state index < -0.39 is 0 Å². The number of carbonyl (C=O) groups excluding carboxylic acids is 1. The average molecular weight is 370 g/mol. The van der Waals surface area contributed by atoms with E-state index in [-0.39, 0.29) is 12.2 Å². The first-order valence-electron chi connectivity index (χ1n) is 9.18. The van der Waals surface area contributed by atoms with E-state index in [1.807, 2.05) is 24.3 Å². The van der Waals surface area contributed by atoms with Crippen molar-refractivity contribution in [3.05, 3.63) is 35.7 Å². The second kappa shape index (κ2) is 7.87. The molecule has 0 radical (unpaired) electrons. The highest BCUT2D eigenvalue weighted by atomic mass is 16.8. The lowest BCUT2D eigenvalue weighted by molar-refractivity contribution is -0.163. The highest BCUT2D eigenvalue weighted by Gasteiger charge is 2.28. The van der Waals surface area contributed by atoms with Crippen molar-refractivity contribution in [1.29, 1.82) is 0 Å². The Morgan fingerprint density at radius 2 is 2.11 bits per heavy atom. The summed E-state index contributed by atoms with van der Waals surface area (Å²) in [4.78, 5) is 23.7. The maximum atomic E-state index is 12.4. The Labute approximate surface area is 157 Å². The molecule has 1 unspecified atom stereocenters. The smallest absolute Gasteiger partial charge is 0.227 e. The number of amides is 1. The molecule has 3 heterocycles. The molecule has 0 bridgehead atoms. The number of carbonyl (C=O) groups is 1. The predicted octanol–water partition coefficient (Wildman–Crippen LogP) is 2.33. The van der Waals surface area contributed by atoms with Crippen LogP contribution in [0.25, 0.3) is 11.4 Å². The van der Waals surface area contributed by atoms with E-state index in [0.29, 0.717) is 31.2 Å². The quantitative estimate of drug-likeness (QED) is 0.751. The molecule has 1 aromatic heterocycles. The van der Waals surface area contributed by atoms with Crippen molar-refractivity contribution in [2.45, 2.75) is 38.9 Å². The number of ether oxygens (including phenoxy) is 1. The third-order valence-corrected chi connectivity index (χ3v) is 4.63. The molecular weight excluding hydrogens is 348 g/mol. The normalized spacial score (nSPS) is 19.5. The summed E-state index contributed by atoms with van der Waals surface area (Å²) in [5.74, 6) is 1.15. The molecule has 4 rings (SSSR count). The van der Waals surface area contributed by atoms with Gasteiger partial charge in [0.2, 0.25) is 23.9 Å². The summed E-state index contributed by atoms with van der Waals surface area (Å²) in [6, 6.07) is 7.62. The van der Waals surface area contributed by atoms with Crippen molar-refractivity contribution >= 4 is 11.6 Å². The van der Waals surface area contributed by atoms with Crippen molar-refractivity contribution in [3.8, 4) is 11.4 Å². The third kappa shape index (κ3) is 4.33. The Morgan fingerprint density at radius 3 is 2.78 bits per heavy atom. The van der Waals surface area contributed by atoms with Crippen LogP contribution in [0.2, 0.25) is 0 Å². The highest BCUT2D eigenvalue weighted by molar-refractivity contribution is 5.99. The molecule has 142 valence electrons. The first kappa shape index (κ1) is 17.7. The molecule has 8 heteroatoms. The minimum Gasteiger partial charge on any atom is -0.364 e. The zero-order valence-corrected chi connectivity index (χ0v) is 15.3. The number of oxime groups is 1. The summed E-state index contributed by atoms with van der Waals surface area (Å²) in [6.45, 7) is 3.52. The van der Waals surface area contributed by atoms with Gasteiger partial charge in [-0.2, -0.15) is 4.98 Å². The highest BCUT2D eigenvalue weighted by Crippen LogP contribution is 2.18. The van der Waals surface area contributed by atoms with Crippen LogP contribution in [-0.4, -0.2) is 52.6 Å². The second-order valence-electron chi connectivity index (χ2n) is 6.82. The average Bonchev–Trinajstić information content (AvgIpc) is 3.08. The first-order chi connectivity index (χ1) is 13.2. The molecule has 2 fully saturated rings. The fourth-order valence-electron chi connectivity index (χ4n) is 3.03. The molecule has 1 atom stereocenters. The zero-order chi connectivity index (χ0) is 18.6. The second-order valence-corrected chi connectivity index (χ2v) is 6.82. The summed E-state index contributed by atoms with van der Waals surface area (Å²) in [5.41, 5.74) is 2.69. The largest absolute Gasteiger partial charge is 0.364 e. The van der Waals surface area contributed by atoms with Crippen molar-refractivity contribution in [1.82, 2.24) is 15.0 Å². The topological polar surface area (TPSA) is 90.1 Å². The van der Waals surface area contributed by atoms with Crippen LogP contribution < -0.4 is 0 Å². The lowest BCUT2D eigenvalue weighted by atomic mass is 10.1. The monoisotopic (exact) mass is 370 g/mol. The summed E-state index contributed by atoms with van der Waals surface area (Å²) in [7, 11) is 0. The maximum Gasteiger partial charge on any atom is 0.227 e. The van der Waals surface area contributed by atoms with Crippen LogP contribution in [0, 0.1) is 6.92 Å².